The molecule has 3 fully saturated rings. The molecule has 3 heterocycles. The lowest BCUT2D eigenvalue weighted by molar-refractivity contribution is -0.141. The molecule has 6 heteroatoms. The predicted octanol–water partition coefficient (Wildman–Crippen LogP) is 2.03. The Bertz CT molecular complexity index is 770. The van der Waals surface area contributed by atoms with Crippen molar-refractivity contribution >= 4 is 11.8 Å². The van der Waals surface area contributed by atoms with Gasteiger partial charge >= 0.3 is 0 Å². The summed E-state index contributed by atoms with van der Waals surface area (Å²) in [4.78, 5) is 32.6. The summed E-state index contributed by atoms with van der Waals surface area (Å²) < 4.78 is 5.29. The zero-order chi connectivity index (χ0) is 20.6. The smallest absolute Gasteiger partial charge is 0.253 e. The van der Waals surface area contributed by atoms with Crippen LogP contribution in [-0.4, -0.2) is 86.5 Å². The number of ether oxygens (including phenoxy) is 1. The molecule has 1 atom stereocenters. The molecule has 4 rings (SSSR count). The molecule has 0 N–H and O–H groups in total. The second kappa shape index (κ2) is 7.73. The third-order valence-corrected chi connectivity index (χ3v) is 7.58. The van der Waals surface area contributed by atoms with Crippen LogP contribution in [0.5, 0.6) is 0 Å². The first kappa shape index (κ1) is 20.4. The molecule has 3 aliphatic heterocycles. The van der Waals surface area contributed by atoms with Gasteiger partial charge in [-0.2, -0.15) is 0 Å². The Labute approximate surface area is 173 Å². The highest BCUT2D eigenvalue weighted by atomic mass is 16.5. The lowest BCUT2D eigenvalue weighted by Crippen LogP contribution is -2.53. The van der Waals surface area contributed by atoms with Crippen molar-refractivity contribution in [3.05, 3.63) is 35.4 Å². The normalized spacial score (nSPS) is 26.8. The number of rotatable bonds is 4. The first-order chi connectivity index (χ1) is 13.9. The van der Waals surface area contributed by atoms with Gasteiger partial charge in [0.25, 0.3) is 5.91 Å². The van der Waals surface area contributed by atoms with Crippen LogP contribution in [0.1, 0.15) is 35.2 Å². The highest BCUT2D eigenvalue weighted by Gasteiger charge is 2.64. The van der Waals surface area contributed by atoms with E-state index in [0.717, 1.165) is 69.7 Å². The van der Waals surface area contributed by atoms with E-state index in [4.69, 9.17) is 4.74 Å². The summed E-state index contributed by atoms with van der Waals surface area (Å²) >= 11 is 0. The highest BCUT2D eigenvalue weighted by molar-refractivity contribution is 5.94. The van der Waals surface area contributed by atoms with E-state index in [1.54, 1.807) is 7.11 Å². The van der Waals surface area contributed by atoms with Gasteiger partial charge in [-0.05, 0) is 38.3 Å². The van der Waals surface area contributed by atoms with E-state index < -0.39 is 0 Å². The molecule has 0 aliphatic carbocycles. The van der Waals surface area contributed by atoms with Gasteiger partial charge in [-0.25, -0.2) is 0 Å². The van der Waals surface area contributed by atoms with Crippen molar-refractivity contribution in [1.82, 2.24) is 14.7 Å². The van der Waals surface area contributed by atoms with Gasteiger partial charge in [-0.15, -0.1) is 0 Å². The minimum Gasteiger partial charge on any atom is -0.383 e. The average molecular weight is 400 g/mol. The standard InChI is InChI=1S/C23H33N3O3/c1-18-4-6-19(7-5-18)20(27)26-12-8-22(9-13-26)16-25(14-15-29-3)17-23(22)10-11-24(2)21(23)28/h4-7H,8-17H2,1-3H3. The number of nitrogens with zero attached hydrogens (tertiary/aromatic N) is 3. The highest BCUT2D eigenvalue weighted by Crippen LogP contribution is 2.57. The van der Waals surface area contributed by atoms with Crippen LogP contribution in [-0.2, 0) is 9.53 Å². The first-order valence-corrected chi connectivity index (χ1v) is 10.7. The molecule has 158 valence electrons. The quantitative estimate of drug-likeness (QED) is 0.777. The molecular formula is C23H33N3O3. The fourth-order valence-electron chi connectivity index (χ4n) is 5.79. The number of carbonyl (C=O) groups is 2. The van der Waals surface area contributed by atoms with Crippen molar-refractivity contribution in [2.75, 3.05) is 60.0 Å². The summed E-state index contributed by atoms with van der Waals surface area (Å²) in [6.07, 6.45) is 2.72. The van der Waals surface area contributed by atoms with E-state index in [2.05, 4.69) is 4.90 Å². The van der Waals surface area contributed by atoms with E-state index in [1.807, 2.05) is 48.0 Å². The number of likely N-dealkylation sites (tertiary alicyclic amines) is 3. The fourth-order valence-corrected chi connectivity index (χ4v) is 5.79. The number of benzene rings is 1. The number of piperidine rings is 1. The number of aryl methyl sites for hydroxylation is 1. The molecule has 3 saturated heterocycles. The van der Waals surface area contributed by atoms with Gasteiger partial charge in [0.1, 0.15) is 0 Å². The van der Waals surface area contributed by atoms with E-state index in [-0.39, 0.29) is 16.7 Å². The molecule has 0 bridgehead atoms. The fraction of sp³-hybridized carbons (Fsp3) is 0.652. The van der Waals surface area contributed by atoms with E-state index in [9.17, 15) is 9.59 Å². The van der Waals surface area contributed by atoms with Crippen LogP contribution >= 0.6 is 0 Å². The van der Waals surface area contributed by atoms with Gasteiger partial charge in [0, 0.05) is 64.4 Å². The SMILES string of the molecule is COCCN1CC2(CCN(C(=O)c3ccc(C)cc3)CC2)C2(CCN(C)C2=O)C1. The van der Waals surface area contributed by atoms with Gasteiger partial charge in [0.05, 0.1) is 12.0 Å². The Hall–Kier alpha value is -1.92. The zero-order valence-electron chi connectivity index (χ0n) is 17.9. The molecule has 2 spiro atoms. The van der Waals surface area contributed by atoms with E-state index in [1.165, 1.54) is 0 Å². The largest absolute Gasteiger partial charge is 0.383 e. The maximum absolute atomic E-state index is 13.3. The Morgan fingerprint density at radius 1 is 1.07 bits per heavy atom. The molecule has 0 aromatic heterocycles. The Morgan fingerprint density at radius 2 is 1.76 bits per heavy atom. The number of carbonyl (C=O) groups excluding carboxylic acids is 2. The van der Waals surface area contributed by atoms with Crippen LogP contribution in [0.3, 0.4) is 0 Å². The summed E-state index contributed by atoms with van der Waals surface area (Å²) in [7, 11) is 3.66. The molecule has 2 amide bonds. The molecule has 0 radical (unpaired) electrons. The van der Waals surface area contributed by atoms with Crippen LogP contribution in [0.4, 0.5) is 0 Å². The van der Waals surface area contributed by atoms with E-state index in [0.29, 0.717) is 12.5 Å². The second-order valence-corrected chi connectivity index (χ2v) is 9.20. The van der Waals surface area contributed by atoms with Crippen LogP contribution < -0.4 is 0 Å². The molecule has 29 heavy (non-hydrogen) atoms. The summed E-state index contributed by atoms with van der Waals surface area (Å²) in [5.74, 6) is 0.411. The predicted molar refractivity (Wildman–Crippen MR) is 112 cm³/mol. The van der Waals surface area contributed by atoms with Crippen molar-refractivity contribution < 1.29 is 14.3 Å². The Balaban J connectivity index is 1.52. The number of amides is 2. The summed E-state index contributed by atoms with van der Waals surface area (Å²) in [5.41, 5.74) is 1.58. The van der Waals surface area contributed by atoms with Gasteiger partial charge in [-0.3, -0.25) is 14.5 Å². The number of fused-ring (bicyclic) bond motifs is 1. The molecule has 3 aliphatic rings. The monoisotopic (exact) mass is 399 g/mol. The summed E-state index contributed by atoms with van der Waals surface area (Å²) in [6.45, 7) is 7.63. The van der Waals surface area contributed by atoms with Gasteiger partial charge in [0.15, 0.2) is 0 Å². The van der Waals surface area contributed by atoms with Crippen molar-refractivity contribution in [1.29, 1.82) is 0 Å². The zero-order valence-corrected chi connectivity index (χ0v) is 17.9. The maximum atomic E-state index is 13.3. The average Bonchev–Trinajstić information content (AvgIpc) is 3.19. The van der Waals surface area contributed by atoms with Crippen LogP contribution in [0.25, 0.3) is 0 Å². The van der Waals surface area contributed by atoms with Gasteiger partial charge < -0.3 is 14.5 Å². The molecule has 1 aromatic carbocycles. The molecule has 1 aromatic rings. The van der Waals surface area contributed by atoms with Crippen molar-refractivity contribution in [3.63, 3.8) is 0 Å². The van der Waals surface area contributed by atoms with E-state index >= 15 is 0 Å². The van der Waals surface area contributed by atoms with Crippen molar-refractivity contribution in [3.8, 4) is 0 Å². The molecular weight excluding hydrogens is 366 g/mol. The summed E-state index contributed by atoms with van der Waals surface area (Å²) in [6, 6.07) is 7.82. The molecule has 6 nitrogen and oxygen atoms in total. The van der Waals surface area contributed by atoms with Crippen molar-refractivity contribution in [2.45, 2.75) is 26.2 Å². The minimum absolute atomic E-state index is 0.0351. The second-order valence-electron chi connectivity index (χ2n) is 9.20. The maximum Gasteiger partial charge on any atom is 0.253 e. The third-order valence-electron chi connectivity index (χ3n) is 7.58. The molecule has 0 saturated carbocycles. The number of methoxy groups -OCH3 is 1. The van der Waals surface area contributed by atoms with Gasteiger partial charge in [0.2, 0.25) is 5.91 Å². The van der Waals surface area contributed by atoms with Crippen molar-refractivity contribution in [2.24, 2.45) is 10.8 Å². The third kappa shape index (κ3) is 3.36. The lowest BCUT2D eigenvalue weighted by atomic mass is 9.60. The first-order valence-electron chi connectivity index (χ1n) is 10.7. The molecule has 1 unspecified atom stereocenters. The minimum atomic E-state index is -0.297. The van der Waals surface area contributed by atoms with Crippen LogP contribution in [0.15, 0.2) is 24.3 Å². The summed E-state index contributed by atoms with van der Waals surface area (Å²) in [5, 5.41) is 0. The van der Waals surface area contributed by atoms with Gasteiger partial charge in [-0.1, -0.05) is 17.7 Å². The number of hydrogen-bond donors (Lipinski definition) is 0. The number of hydrogen-bond acceptors (Lipinski definition) is 4. The Kier molecular flexibility index (Phi) is 5.42. The van der Waals surface area contributed by atoms with Crippen LogP contribution in [0.2, 0.25) is 0 Å². The Morgan fingerprint density at radius 3 is 2.34 bits per heavy atom. The topological polar surface area (TPSA) is 53.1 Å². The van der Waals surface area contributed by atoms with Crippen LogP contribution in [0, 0.1) is 17.8 Å². The lowest BCUT2D eigenvalue weighted by Gasteiger charge is -2.47.